The highest BCUT2D eigenvalue weighted by atomic mass is 32.2. The lowest BCUT2D eigenvalue weighted by molar-refractivity contribution is -0.116. The molecule has 1 saturated heterocycles. The van der Waals surface area contributed by atoms with Gasteiger partial charge in [0.05, 0.1) is 0 Å². The van der Waals surface area contributed by atoms with Crippen molar-refractivity contribution in [2.45, 2.75) is 26.3 Å². The fourth-order valence-corrected chi connectivity index (χ4v) is 4.42. The lowest BCUT2D eigenvalue weighted by Crippen LogP contribution is -2.38. The number of amides is 1. The largest absolute Gasteiger partial charge is 0.326 e. The number of anilines is 1. The summed E-state index contributed by atoms with van der Waals surface area (Å²) in [7, 11) is 0. The Balaban J connectivity index is 1.56. The van der Waals surface area contributed by atoms with Crippen LogP contribution in [0.25, 0.3) is 0 Å². The molecular formula is C22H26N2O2S. The first-order chi connectivity index (χ1) is 13.0. The average Bonchev–Trinajstić information content (AvgIpc) is 2.68. The standard InChI is InChI=1S/C22H26N2O2S/c1-16-3-5-19(6-4-16)21-15-27-14-13-24(21)12-11-22(26)23-20-9-7-18(8-10-20)17(2)25/h3-10,21H,11-15H2,1-2H3,(H,23,26). The van der Waals surface area contributed by atoms with Crippen molar-refractivity contribution < 1.29 is 9.59 Å². The maximum absolute atomic E-state index is 12.4. The number of aryl methyl sites for hydroxylation is 1. The van der Waals surface area contributed by atoms with Gasteiger partial charge in [0, 0.05) is 48.3 Å². The quantitative estimate of drug-likeness (QED) is 0.756. The van der Waals surface area contributed by atoms with Crippen LogP contribution in [0.4, 0.5) is 5.69 Å². The van der Waals surface area contributed by atoms with Crippen molar-refractivity contribution in [1.82, 2.24) is 4.90 Å². The van der Waals surface area contributed by atoms with Gasteiger partial charge >= 0.3 is 0 Å². The van der Waals surface area contributed by atoms with E-state index in [4.69, 9.17) is 0 Å². The second-order valence-corrected chi connectivity index (χ2v) is 8.12. The van der Waals surface area contributed by atoms with Crippen LogP contribution in [0.2, 0.25) is 0 Å². The lowest BCUT2D eigenvalue weighted by atomic mass is 10.0. The number of nitrogens with zero attached hydrogens (tertiary/aromatic N) is 1. The minimum absolute atomic E-state index is 0.00598. The molecule has 0 spiro atoms. The van der Waals surface area contributed by atoms with E-state index in [0.717, 1.165) is 30.3 Å². The summed E-state index contributed by atoms with van der Waals surface area (Å²) < 4.78 is 0. The summed E-state index contributed by atoms with van der Waals surface area (Å²) in [6.07, 6.45) is 0.460. The monoisotopic (exact) mass is 382 g/mol. The Morgan fingerprint density at radius 1 is 1.11 bits per heavy atom. The Labute approximate surface area is 165 Å². The van der Waals surface area contributed by atoms with E-state index in [1.165, 1.54) is 18.1 Å². The smallest absolute Gasteiger partial charge is 0.225 e. The van der Waals surface area contributed by atoms with E-state index in [-0.39, 0.29) is 11.7 Å². The van der Waals surface area contributed by atoms with Gasteiger partial charge in [0.25, 0.3) is 0 Å². The van der Waals surface area contributed by atoms with Crippen molar-refractivity contribution in [1.29, 1.82) is 0 Å². The predicted molar refractivity (Wildman–Crippen MR) is 113 cm³/mol. The van der Waals surface area contributed by atoms with Gasteiger partial charge in [0.2, 0.25) is 5.91 Å². The maximum atomic E-state index is 12.4. The molecule has 2 aromatic rings. The summed E-state index contributed by atoms with van der Waals surface area (Å²) in [6.45, 7) is 5.39. The number of hydrogen-bond acceptors (Lipinski definition) is 4. The molecule has 0 bridgehead atoms. The van der Waals surface area contributed by atoms with Crippen LogP contribution in [-0.2, 0) is 4.79 Å². The topological polar surface area (TPSA) is 49.4 Å². The molecule has 0 aliphatic carbocycles. The molecule has 1 N–H and O–H groups in total. The molecule has 142 valence electrons. The summed E-state index contributed by atoms with van der Waals surface area (Å²) >= 11 is 1.98. The van der Waals surface area contributed by atoms with Crippen LogP contribution >= 0.6 is 11.8 Å². The average molecular weight is 383 g/mol. The molecule has 1 amide bonds. The van der Waals surface area contributed by atoms with Gasteiger partial charge < -0.3 is 5.32 Å². The molecule has 2 aromatic carbocycles. The lowest BCUT2D eigenvalue weighted by Gasteiger charge is -2.35. The molecule has 1 atom stereocenters. The van der Waals surface area contributed by atoms with Crippen molar-refractivity contribution in [3.63, 3.8) is 0 Å². The van der Waals surface area contributed by atoms with Crippen molar-refractivity contribution >= 4 is 29.1 Å². The van der Waals surface area contributed by atoms with Crippen molar-refractivity contribution in [3.05, 3.63) is 65.2 Å². The van der Waals surface area contributed by atoms with Gasteiger partial charge in [-0.15, -0.1) is 0 Å². The summed E-state index contributed by atoms with van der Waals surface area (Å²) in [5.41, 5.74) is 3.98. The van der Waals surface area contributed by atoms with Gasteiger partial charge in [-0.05, 0) is 43.7 Å². The van der Waals surface area contributed by atoms with Gasteiger partial charge in [0.15, 0.2) is 5.78 Å². The van der Waals surface area contributed by atoms with E-state index in [0.29, 0.717) is 18.0 Å². The van der Waals surface area contributed by atoms with E-state index in [2.05, 4.69) is 41.4 Å². The number of carbonyl (C=O) groups excluding carboxylic acids is 2. The van der Waals surface area contributed by atoms with E-state index in [1.807, 2.05) is 11.8 Å². The molecule has 4 nitrogen and oxygen atoms in total. The third kappa shape index (κ3) is 5.44. The van der Waals surface area contributed by atoms with Crippen LogP contribution in [0.15, 0.2) is 48.5 Å². The molecule has 3 rings (SSSR count). The first-order valence-electron chi connectivity index (χ1n) is 9.32. The minimum Gasteiger partial charge on any atom is -0.326 e. The van der Waals surface area contributed by atoms with E-state index >= 15 is 0 Å². The highest BCUT2D eigenvalue weighted by molar-refractivity contribution is 7.99. The van der Waals surface area contributed by atoms with Gasteiger partial charge in [0.1, 0.15) is 0 Å². The second kappa shape index (κ2) is 9.20. The number of ketones is 1. The molecule has 1 aliphatic rings. The van der Waals surface area contributed by atoms with Crippen molar-refractivity contribution in [2.75, 3.05) is 29.9 Å². The number of Topliss-reactive ketones (excluding diaryl/α,β-unsaturated/α-hetero) is 1. The molecule has 1 heterocycles. The Morgan fingerprint density at radius 3 is 2.48 bits per heavy atom. The molecule has 5 heteroatoms. The number of benzene rings is 2. The molecular weight excluding hydrogens is 356 g/mol. The normalized spacial score (nSPS) is 17.5. The molecule has 0 saturated carbocycles. The first kappa shape index (κ1) is 19.6. The fourth-order valence-electron chi connectivity index (χ4n) is 3.26. The second-order valence-electron chi connectivity index (χ2n) is 6.97. The zero-order chi connectivity index (χ0) is 19.2. The van der Waals surface area contributed by atoms with Crippen LogP contribution in [0.1, 0.15) is 40.9 Å². The third-order valence-electron chi connectivity index (χ3n) is 4.90. The van der Waals surface area contributed by atoms with Gasteiger partial charge in [-0.1, -0.05) is 29.8 Å². The number of carbonyl (C=O) groups is 2. The van der Waals surface area contributed by atoms with Gasteiger partial charge in [-0.3, -0.25) is 14.5 Å². The number of hydrogen-bond donors (Lipinski definition) is 1. The zero-order valence-corrected chi connectivity index (χ0v) is 16.7. The van der Waals surface area contributed by atoms with Crippen LogP contribution in [-0.4, -0.2) is 41.2 Å². The Bertz CT molecular complexity index is 787. The minimum atomic E-state index is 0.00598. The summed E-state index contributed by atoms with van der Waals surface area (Å²) in [4.78, 5) is 26.1. The third-order valence-corrected chi connectivity index (χ3v) is 5.93. The van der Waals surface area contributed by atoms with Crippen LogP contribution < -0.4 is 5.32 Å². The Morgan fingerprint density at radius 2 is 1.81 bits per heavy atom. The molecule has 1 aliphatic heterocycles. The predicted octanol–water partition coefficient (Wildman–Crippen LogP) is 4.32. The molecule has 0 radical (unpaired) electrons. The highest BCUT2D eigenvalue weighted by Crippen LogP contribution is 2.29. The van der Waals surface area contributed by atoms with Crippen molar-refractivity contribution in [3.8, 4) is 0 Å². The van der Waals surface area contributed by atoms with Gasteiger partial charge in [-0.2, -0.15) is 11.8 Å². The SMILES string of the molecule is CC(=O)c1ccc(NC(=O)CCN2CCSCC2c2ccc(C)cc2)cc1. The number of nitrogens with one attached hydrogen (secondary N) is 1. The van der Waals surface area contributed by atoms with E-state index in [1.54, 1.807) is 24.3 Å². The fraction of sp³-hybridized carbons (Fsp3) is 0.364. The van der Waals surface area contributed by atoms with Gasteiger partial charge in [-0.25, -0.2) is 0 Å². The summed E-state index contributed by atoms with van der Waals surface area (Å²) in [5.74, 6) is 2.21. The van der Waals surface area contributed by atoms with Crippen LogP contribution in [0, 0.1) is 6.92 Å². The van der Waals surface area contributed by atoms with E-state index < -0.39 is 0 Å². The van der Waals surface area contributed by atoms with Crippen LogP contribution in [0.3, 0.4) is 0 Å². The Kier molecular flexibility index (Phi) is 6.69. The summed E-state index contributed by atoms with van der Waals surface area (Å²) in [5, 5.41) is 2.93. The molecule has 1 fully saturated rings. The molecule has 0 aromatic heterocycles. The zero-order valence-electron chi connectivity index (χ0n) is 15.9. The first-order valence-corrected chi connectivity index (χ1v) is 10.5. The van der Waals surface area contributed by atoms with Crippen molar-refractivity contribution in [2.24, 2.45) is 0 Å². The number of thioether (sulfide) groups is 1. The maximum Gasteiger partial charge on any atom is 0.225 e. The molecule has 1 unspecified atom stereocenters. The van der Waals surface area contributed by atoms with Crippen LogP contribution in [0.5, 0.6) is 0 Å². The number of rotatable bonds is 6. The van der Waals surface area contributed by atoms with E-state index in [9.17, 15) is 9.59 Å². The summed E-state index contributed by atoms with van der Waals surface area (Å²) in [6, 6.07) is 16.1. The molecule has 27 heavy (non-hydrogen) atoms. The highest BCUT2D eigenvalue weighted by Gasteiger charge is 2.24. The Hall–Kier alpha value is -2.11.